The summed E-state index contributed by atoms with van der Waals surface area (Å²) in [6.07, 6.45) is 1.84. The molecule has 2 heterocycles. The van der Waals surface area contributed by atoms with Gasteiger partial charge in [-0.1, -0.05) is 0 Å². The topological polar surface area (TPSA) is 76.5 Å². The van der Waals surface area contributed by atoms with Crippen molar-refractivity contribution in [3.8, 4) is 0 Å². The van der Waals surface area contributed by atoms with Crippen LogP contribution in [-0.2, 0) is 23.1 Å². The number of rotatable bonds is 6. The number of furan rings is 1. The lowest BCUT2D eigenvalue weighted by Gasteiger charge is -2.21. The van der Waals surface area contributed by atoms with Gasteiger partial charge in [-0.15, -0.1) is 0 Å². The van der Waals surface area contributed by atoms with E-state index in [2.05, 4.69) is 0 Å². The normalized spacial score (nSPS) is 15.8. The average Bonchev–Trinajstić information content (AvgIpc) is 2.99. The Bertz CT molecular complexity index is 715. The van der Waals surface area contributed by atoms with Crippen molar-refractivity contribution < 1.29 is 12.8 Å². The monoisotopic (exact) mass is 326 g/mol. The van der Waals surface area contributed by atoms with Crippen molar-refractivity contribution in [2.24, 2.45) is 5.73 Å². The molecule has 3 rings (SSSR count). The van der Waals surface area contributed by atoms with Crippen LogP contribution in [0.2, 0.25) is 0 Å². The van der Waals surface area contributed by atoms with E-state index < -0.39 is 10.0 Å². The maximum absolute atomic E-state index is 12.9. The van der Waals surface area contributed by atoms with Crippen molar-refractivity contribution >= 4 is 21.4 Å². The Balaban J connectivity index is 1.95. The molecular weight excluding hydrogens is 308 g/mol. The summed E-state index contributed by atoms with van der Waals surface area (Å²) in [6.45, 7) is 2.28. The molecule has 114 valence electrons. The molecule has 0 bridgehead atoms. The van der Waals surface area contributed by atoms with Gasteiger partial charge in [-0.05, 0) is 42.2 Å². The lowest BCUT2D eigenvalue weighted by atomic mass is 10.3. The van der Waals surface area contributed by atoms with Crippen molar-refractivity contribution in [1.29, 1.82) is 0 Å². The first-order valence-electron chi connectivity index (χ1n) is 6.84. The highest BCUT2D eigenvalue weighted by molar-refractivity contribution is 7.89. The number of thiophene rings is 1. The first-order chi connectivity index (χ1) is 10.0. The van der Waals surface area contributed by atoms with Gasteiger partial charge in [0.25, 0.3) is 0 Å². The Hall–Kier alpha value is -1.15. The van der Waals surface area contributed by atoms with E-state index >= 15 is 0 Å². The lowest BCUT2D eigenvalue weighted by molar-refractivity contribution is 0.397. The van der Waals surface area contributed by atoms with Crippen molar-refractivity contribution in [3.05, 3.63) is 40.0 Å². The van der Waals surface area contributed by atoms with Crippen molar-refractivity contribution in [2.75, 3.05) is 0 Å². The smallest absolute Gasteiger partial charge is 0.247 e. The van der Waals surface area contributed by atoms with Gasteiger partial charge in [-0.2, -0.15) is 15.6 Å². The predicted octanol–water partition coefficient (Wildman–Crippen LogP) is 2.46. The summed E-state index contributed by atoms with van der Waals surface area (Å²) < 4.78 is 32.8. The Kier molecular flexibility index (Phi) is 3.92. The fourth-order valence-electron chi connectivity index (χ4n) is 2.34. The van der Waals surface area contributed by atoms with Crippen LogP contribution < -0.4 is 5.73 Å². The van der Waals surface area contributed by atoms with Crippen LogP contribution in [0.15, 0.2) is 32.2 Å². The number of hydrogen-bond donors (Lipinski definition) is 1. The van der Waals surface area contributed by atoms with E-state index in [-0.39, 0.29) is 17.5 Å². The fourth-order valence-corrected chi connectivity index (χ4v) is 4.86. The van der Waals surface area contributed by atoms with E-state index in [9.17, 15) is 8.42 Å². The van der Waals surface area contributed by atoms with Gasteiger partial charge in [0, 0.05) is 18.7 Å². The summed E-state index contributed by atoms with van der Waals surface area (Å²) in [4.78, 5) is 0.241. The summed E-state index contributed by atoms with van der Waals surface area (Å²) in [5.41, 5.74) is 6.56. The molecule has 0 atom stereocenters. The summed E-state index contributed by atoms with van der Waals surface area (Å²) in [7, 11) is -3.55. The maximum atomic E-state index is 12.9. The van der Waals surface area contributed by atoms with E-state index in [4.69, 9.17) is 10.2 Å². The van der Waals surface area contributed by atoms with Gasteiger partial charge in [0.1, 0.15) is 16.4 Å². The molecule has 7 heteroatoms. The predicted molar refractivity (Wildman–Crippen MR) is 81.4 cm³/mol. The molecule has 0 spiro atoms. The molecule has 0 radical (unpaired) electrons. The number of sulfonamides is 1. The van der Waals surface area contributed by atoms with E-state index in [0.717, 1.165) is 18.4 Å². The molecule has 0 aliphatic heterocycles. The number of hydrogen-bond acceptors (Lipinski definition) is 5. The van der Waals surface area contributed by atoms with Crippen LogP contribution in [0.1, 0.15) is 29.9 Å². The Morgan fingerprint density at radius 2 is 2.24 bits per heavy atom. The van der Waals surface area contributed by atoms with Crippen LogP contribution in [0.3, 0.4) is 0 Å². The zero-order chi connectivity index (χ0) is 15.0. The summed E-state index contributed by atoms with van der Waals surface area (Å²) in [5.74, 6) is 0.906. The van der Waals surface area contributed by atoms with Crippen molar-refractivity contribution in [3.63, 3.8) is 0 Å². The summed E-state index contributed by atoms with van der Waals surface area (Å²) in [5, 5.41) is 3.95. The van der Waals surface area contributed by atoms with Crippen molar-refractivity contribution in [1.82, 2.24) is 4.31 Å². The largest absolute Gasteiger partial charge is 0.464 e. The molecule has 21 heavy (non-hydrogen) atoms. The second-order valence-electron chi connectivity index (χ2n) is 5.25. The van der Waals surface area contributed by atoms with Gasteiger partial charge in [0.15, 0.2) is 0 Å². The minimum Gasteiger partial charge on any atom is -0.464 e. The minimum absolute atomic E-state index is 0.102. The third-order valence-electron chi connectivity index (χ3n) is 3.58. The molecule has 1 saturated carbocycles. The summed E-state index contributed by atoms with van der Waals surface area (Å²) in [6, 6.07) is 3.61. The van der Waals surface area contributed by atoms with Crippen LogP contribution in [0, 0.1) is 6.92 Å². The SMILES string of the molecule is Cc1oc(CN)cc1S(=O)(=O)N(Cc1ccsc1)C1CC1. The molecule has 0 amide bonds. The molecule has 0 saturated heterocycles. The Morgan fingerprint density at radius 1 is 1.48 bits per heavy atom. The van der Waals surface area contributed by atoms with Crippen LogP contribution in [0.5, 0.6) is 0 Å². The average molecular weight is 326 g/mol. The molecule has 2 N–H and O–H groups in total. The van der Waals surface area contributed by atoms with E-state index in [1.165, 1.54) is 0 Å². The van der Waals surface area contributed by atoms with Gasteiger partial charge in [0.2, 0.25) is 10.0 Å². The van der Waals surface area contributed by atoms with Gasteiger partial charge in [-0.25, -0.2) is 8.42 Å². The quantitative estimate of drug-likeness (QED) is 0.884. The maximum Gasteiger partial charge on any atom is 0.247 e. The Morgan fingerprint density at radius 3 is 2.76 bits per heavy atom. The molecule has 5 nitrogen and oxygen atoms in total. The molecule has 2 aromatic heterocycles. The van der Waals surface area contributed by atoms with Crippen molar-refractivity contribution in [2.45, 2.75) is 43.8 Å². The fraction of sp³-hybridized carbons (Fsp3) is 0.429. The zero-order valence-corrected chi connectivity index (χ0v) is 13.4. The third-order valence-corrected chi connectivity index (χ3v) is 6.32. The highest BCUT2D eigenvalue weighted by Crippen LogP contribution is 2.35. The van der Waals surface area contributed by atoms with Crippen LogP contribution >= 0.6 is 11.3 Å². The van der Waals surface area contributed by atoms with Crippen LogP contribution in [0.4, 0.5) is 0 Å². The third kappa shape index (κ3) is 2.91. The second kappa shape index (κ2) is 5.57. The molecule has 1 aliphatic rings. The number of nitrogens with zero attached hydrogens (tertiary/aromatic N) is 1. The molecule has 1 fully saturated rings. The van der Waals surface area contributed by atoms with Gasteiger partial charge < -0.3 is 10.2 Å². The molecule has 0 unspecified atom stereocenters. The second-order valence-corrected chi connectivity index (χ2v) is 7.89. The first-order valence-corrected chi connectivity index (χ1v) is 9.23. The molecular formula is C14H18N2O3S2. The summed E-state index contributed by atoms with van der Waals surface area (Å²) >= 11 is 1.57. The van der Waals surface area contributed by atoms with E-state index in [1.54, 1.807) is 28.6 Å². The van der Waals surface area contributed by atoms with Crippen LogP contribution in [-0.4, -0.2) is 18.8 Å². The van der Waals surface area contributed by atoms with Gasteiger partial charge in [0.05, 0.1) is 6.54 Å². The number of aryl methyl sites for hydroxylation is 1. The zero-order valence-electron chi connectivity index (χ0n) is 11.8. The van der Waals surface area contributed by atoms with E-state index in [0.29, 0.717) is 18.1 Å². The van der Waals surface area contributed by atoms with E-state index in [1.807, 2.05) is 16.8 Å². The number of nitrogens with two attached hydrogens (primary N) is 1. The van der Waals surface area contributed by atoms with Gasteiger partial charge in [-0.3, -0.25) is 0 Å². The highest BCUT2D eigenvalue weighted by Gasteiger charge is 2.39. The van der Waals surface area contributed by atoms with Crippen LogP contribution in [0.25, 0.3) is 0 Å². The Labute approximate surface area is 128 Å². The first kappa shape index (κ1) is 14.8. The molecule has 1 aliphatic carbocycles. The minimum atomic E-state index is -3.55. The molecule has 0 aromatic carbocycles. The lowest BCUT2D eigenvalue weighted by Crippen LogP contribution is -2.32. The molecule has 2 aromatic rings. The standard InChI is InChI=1S/C14H18N2O3S2/c1-10-14(6-13(7-15)19-10)21(17,18)16(12-2-3-12)8-11-4-5-20-9-11/h4-6,9,12H,2-3,7-8,15H2,1H3. The van der Waals surface area contributed by atoms with Gasteiger partial charge >= 0.3 is 0 Å². The highest BCUT2D eigenvalue weighted by atomic mass is 32.2.